The zero-order valence-corrected chi connectivity index (χ0v) is 13.4. The van der Waals surface area contributed by atoms with Crippen molar-refractivity contribution < 1.29 is 4.79 Å². The van der Waals surface area contributed by atoms with Gasteiger partial charge in [-0.25, -0.2) is 0 Å². The molecule has 1 aromatic rings. The lowest BCUT2D eigenvalue weighted by molar-refractivity contribution is -0.123. The van der Waals surface area contributed by atoms with Gasteiger partial charge in [0, 0.05) is 12.1 Å². The summed E-state index contributed by atoms with van der Waals surface area (Å²) in [4.78, 5) is 12.0. The minimum atomic E-state index is -0.187. The Kier molecular flexibility index (Phi) is 6.73. The third-order valence-corrected chi connectivity index (χ3v) is 3.47. The van der Waals surface area contributed by atoms with Gasteiger partial charge in [0.1, 0.15) is 0 Å². The second-order valence-electron chi connectivity index (χ2n) is 5.61. The molecule has 0 aliphatic carbocycles. The summed E-state index contributed by atoms with van der Waals surface area (Å²) >= 11 is 0. The minimum Gasteiger partial charge on any atom is -0.353 e. The highest BCUT2D eigenvalue weighted by Gasteiger charge is 2.18. The molecule has 2 atom stereocenters. The molecule has 20 heavy (non-hydrogen) atoms. The highest BCUT2D eigenvalue weighted by Crippen LogP contribution is 2.18. The normalized spacial score (nSPS) is 14.1. The van der Waals surface area contributed by atoms with Gasteiger partial charge >= 0.3 is 0 Å². The first kappa shape index (κ1) is 16.7. The smallest absolute Gasteiger partial charge is 0.237 e. The van der Waals surface area contributed by atoms with Gasteiger partial charge in [0.15, 0.2) is 0 Å². The Morgan fingerprint density at radius 3 is 2.15 bits per heavy atom. The molecule has 2 unspecified atom stereocenters. The van der Waals surface area contributed by atoms with Crippen molar-refractivity contribution in [3.8, 4) is 0 Å². The SMILES string of the molecule is CCc1ccc(C(CC)NC(C)C(=O)NC(C)C)cc1. The monoisotopic (exact) mass is 276 g/mol. The van der Waals surface area contributed by atoms with Crippen LogP contribution in [-0.4, -0.2) is 18.0 Å². The number of hydrogen-bond acceptors (Lipinski definition) is 2. The van der Waals surface area contributed by atoms with E-state index < -0.39 is 0 Å². The quantitative estimate of drug-likeness (QED) is 0.803. The molecule has 1 amide bonds. The van der Waals surface area contributed by atoms with Gasteiger partial charge in [0.2, 0.25) is 5.91 Å². The molecule has 3 heteroatoms. The van der Waals surface area contributed by atoms with Crippen LogP contribution in [0.25, 0.3) is 0 Å². The average Bonchev–Trinajstić information content (AvgIpc) is 2.43. The summed E-state index contributed by atoms with van der Waals surface area (Å²) in [6.45, 7) is 10.2. The molecule has 0 aliphatic rings. The molecule has 0 saturated carbocycles. The van der Waals surface area contributed by atoms with Gasteiger partial charge in [-0.3, -0.25) is 10.1 Å². The van der Waals surface area contributed by atoms with E-state index in [0.717, 1.165) is 12.8 Å². The second kappa shape index (κ2) is 8.05. The van der Waals surface area contributed by atoms with Crippen LogP contribution in [0.4, 0.5) is 0 Å². The Morgan fingerprint density at radius 2 is 1.70 bits per heavy atom. The molecule has 1 rings (SSSR count). The summed E-state index contributed by atoms with van der Waals surface area (Å²) in [5.41, 5.74) is 2.59. The zero-order valence-electron chi connectivity index (χ0n) is 13.4. The first-order chi connectivity index (χ1) is 9.47. The summed E-state index contributed by atoms with van der Waals surface area (Å²) in [7, 11) is 0. The third-order valence-electron chi connectivity index (χ3n) is 3.47. The summed E-state index contributed by atoms with van der Waals surface area (Å²) in [6, 6.07) is 8.86. The Hall–Kier alpha value is -1.35. The maximum Gasteiger partial charge on any atom is 0.237 e. The van der Waals surface area contributed by atoms with E-state index >= 15 is 0 Å². The fourth-order valence-electron chi connectivity index (χ4n) is 2.22. The highest BCUT2D eigenvalue weighted by atomic mass is 16.2. The molecule has 0 aromatic heterocycles. The zero-order chi connectivity index (χ0) is 15.1. The number of aryl methyl sites for hydroxylation is 1. The maximum atomic E-state index is 12.0. The lowest BCUT2D eigenvalue weighted by Gasteiger charge is -2.23. The minimum absolute atomic E-state index is 0.0589. The van der Waals surface area contributed by atoms with Crippen molar-refractivity contribution in [2.24, 2.45) is 0 Å². The van der Waals surface area contributed by atoms with Crippen LogP contribution in [0.5, 0.6) is 0 Å². The standard InChI is InChI=1S/C17H28N2O/c1-6-14-8-10-15(11-9-14)16(7-2)19-13(5)17(20)18-12(3)4/h8-13,16,19H,6-7H2,1-5H3,(H,18,20). The molecule has 0 radical (unpaired) electrons. The molecule has 1 aromatic carbocycles. The molecule has 0 fully saturated rings. The molecule has 112 valence electrons. The number of nitrogens with one attached hydrogen (secondary N) is 2. The first-order valence-corrected chi connectivity index (χ1v) is 7.63. The lowest BCUT2D eigenvalue weighted by atomic mass is 10.0. The van der Waals surface area contributed by atoms with Crippen molar-refractivity contribution in [1.29, 1.82) is 0 Å². The summed E-state index contributed by atoms with van der Waals surface area (Å²) in [6.07, 6.45) is 2.02. The Morgan fingerprint density at radius 1 is 1.10 bits per heavy atom. The molecule has 0 heterocycles. The molecule has 0 aliphatic heterocycles. The van der Waals surface area contributed by atoms with Crippen molar-refractivity contribution in [3.63, 3.8) is 0 Å². The molecule has 3 nitrogen and oxygen atoms in total. The van der Waals surface area contributed by atoms with E-state index in [2.05, 4.69) is 48.7 Å². The predicted octanol–water partition coefficient (Wildman–Crippen LogP) is 3.20. The topological polar surface area (TPSA) is 41.1 Å². The first-order valence-electron chi connectivity index (χ1n) is 7.63. The molecule has 0 spiro atoms. The van der Waals surface area contributed by atoms with Gasteiger partial charge in [-0.15, -0.1) is 0 Å². The number of benzene rings is 1. The second-order valence-corrected chi connectivity index (χ2v) is 5.61. The van der Waals surface area contributed by atoms with Crippen molar-refractivity contribution in [3.05, 3.63) is 35.4 Å². The fourth-order valence-corrected chi connectivity index (χ4v) is 2.22. The number of rotatable bonds is 7. The van der Waals surface area contributed by atoms with E-state index in [4.69, 9.17) is 0 Å². The fraction of sp³-hybridized carbons (Fsp3) is 0.588. The van der Waals surface area contributed by atoms with E-state index in [0.29, 0.717) is 0 Å². The Bertz CT molecular complexity index is 412. The van der Waals surface area contributed by atoms with Crippen molar-refractivity contribution in [2.75, 3.05) is 0 Å². The van der Waals surface area contributed by atoms with Gasteiger partial charge in [0.05, 0.1) is 6.04 Å². The van der Waals surface area contributed by atoms with Crippen LogP contribution in [0.15, 0.2) is 24.3 Å². The van der Waals surface area contributed by atoms with Gasteiger partial charge in [-0.05, 0) is 44.7 Å². The van der Waals surface area contributed by atoms with Gasteiger partial charge in [0.25, 0.3) is 0 Å². The maximum absolute atomic E-state index is 12.0. The van der Waals surface area contributed by atoms with Crippen LogP contribution in [0.2, 0.25) is 0 Å². The van der Waals surface area contributed by atoms with E-state index in [1.54, 1.807) is 0 Å². The lowest BCUT2D eigenvalue weighted by Crippen LogP contribution is -2.45. The Balaban J connectivity index is 2.68. The van der Waals surface area contributed by atoms with Crippen molar-refractivity contribution in [2.45, 2.75) is 65.6 Å². The van der Waals surface area contributed by atoms with Crippen molar-refractivity contribution in [1.82, 2.24) is 10.6 Å². The van der Waals surface area contributed by atoms with E-state index in [9.17, 15) is 4.79 Å². The molecule has 0 saturated heterocycles. The van der Waals surface area contributed by atoms with Crippen LogP contribution in [-0.2, 0) is 11.2 Å². The largest absolute Gasteiger partial charge is 0.353 e. The van der Waals surface area contributed by atoms with E-state index in [1.165, 1.54) is 11.1 Å². The summed E-state index contributed by atoms with van der Waals surface area (Å²) in [5, 5.41) is 6.35. The van der Waals surface area contributed by atoms with Crippen LogP contribution in [0, 0.1) is 0 Å². The van der Waals surface area contributed by atoms with E-state index in [1.807, 2.05) is 20.8 Å². The van der Waals surface area contributed by atoms with Crippen LogP contribution in [0.1, 0.15) is 58.2 Å². The molecular weight excluding hydrogens is 248 g/mol. The van der Waals surface area contributed by atoms with Crippen LogP contribution >= 0.6 is 0 Å². The molecule has 2 N–H and O–H groups in total. The number of amides is 1. The third kappa shape index (κ3) is 4.97. The average molecular weight is 276 g/mol. The van der Waals surface area contributed by atoms with Gasteiger partial charge in [-0.2, -0.15) is 0 Å². The van der Waals surface area contributed by atoms with E-state index in [-0.39, 0.29) is 24.0 Å². The number of carbonyl (C=O) groups excluding carboxylic acids is 1. The predicted molar refractivity (Wildman–Crippen MR) is 84.7 cm³/mol. The van der Waals surface area contributed by atoms with Crippen molar-refractivity contribution >= 4 is 5.91 Å². The number of hydrogen-bond donors (Lipinski definition) is 2. The highest BCUT2D eigenvalue weighted by molar-refractivity contribution is 5.81. The van der Waals surface area contributed by atoms with Crippen LogP contribution < -0.4 is 10.6 Å². The van der Waals surface area contributed by atoms with Gasteiger partial charge in [-0.1, -0.05) is 38.1 Å². The van der Waals surface area contributed by atoms with Gasteiger partial charge < -0.3 is 5.32 Å². The number of carbonyl (C=O) groups is 1. The van der Waals surface area contributed by atoms with Crippen LogP contribution in [0.3, 0.4) is 0 Å². The molecule has 0 bridgehead atoms. The Labute approximate surface area is 123 Å². The summed E-state index contributed by atoms with van der Waals surface area (Å²) in [5.74, 6) is 0.0589. The molecular formula is C17H28N2O. The summed E-state index contributed by atoms with van der Waals surface area (Å²) < 4.78 is 0.